The SMILES string of the molecule is CC(C)CCOc1cc(CN)cc(C(C)(C)C)n1. The first kappa shape index (κ1) is 15.0. The second-order valence-corrected chi connectivity index (χ2v) is 6.18. The van der Waals surface area contributed by atoms with Crippen molar-refractivity contribution >= 4 is 0 Å². The van der Waals surface area contributed by atoms with Crippen molar-refractivity contribution in [1.29, 1.82) is 0 Å². The Morgan fingerprint density at radius 3 is 2.44 bits per heavy atom. The van der Waals surface area contributed by atoms with Gasteiger partial charge in [-0.25, -0.2) is 4.98 Å². The monoisotopic (exact) mass is 250 g/mol. The maximum atomic E-state index is 5.73. The van der Waals surface area contributed by atoms with Crippen molar-refractivity contribution in [3.63, 3.8) is 0 Å². The average molecular weight is 250 g/mol. The third kappa shape index (κ3) is 4.65. The molecule has 0 aliphatic heterocycles. The summed E-state index contributed by atoms with van der Waals surface area (Å²) < 4.78 is 5.73. The van der Waals surface area contributed by atoms with Gasteiger partial charge in [0.2, 0.25) is 5.88 Å². The minimum Gasteiger partial charge on any atom is -0.478 e. The Balaban J connectivity index is 2.84. The molecule has 3 nitrogen and oxygen atoms in total. The van der Waals surface area contributed by atoms with Crippen LogP contribution in [0.3, 0.4) is 0 Å². The molecule has 0 aromatic carbocycles. The van der Waals surface area contributed by atoms with Crippen molar-refractivity contribution in [2.24, 2.45) is 11.7 Å². The summed E-state index contributed by atoms with van der Waals surface area (Å²) >= 11 is 0. The summed E-state index contributed by atoms with van der Waals surface area (Å²) in [6.07, 6.45) is 1.04. The number of aromatic nitrogens is 1. The third-order valence-corrected chi connectivity index (χ3v) is 2.81. The van der Waals surface area contributed by atoms with Crippen LogP contribution >= 0.6 is 0 Å². The second kappa shape index (κ2) is 6.19. The van der Waals surface area contributed by atoms with Gasteiger partial charge in [-0.3, -0.25) is 0 Å². The highest BCUT2D eigenvalue weighted by Gasteiger charge is 2.17. The van der Waals surface area contributed by atoms with E-state index in [1.54, 1.807) is 0 Å². The van der Waals surface area contributed by atoms with Crippen LogP contribution in [0.2, 0.25) is 0 Å². The number of nitrogens with zero attached hydrogens (tertiary/aromatic N) is 1. The first-order chi connectivity index (χ1) is 8.32. The number of rotatable bonds is 5. The molecule has 1 aromatic heterocycles. The zero-order valence-corrected chi connectivity index (χ0v) is 12.3. The minimum atomic E-state index is 0.0152. The molecule has 0 radical (unpaired) electrons. The van der Waals surface area contributed by atoms with Crippen molar-refractivity contribution in [1.82, 2.24) is 4.98 Å². The molecule has 0 aliphatic carbocycles. The van der Waals surface area contributed by atoms with E-state index in [0.717, 1.165) is 17.7 Å². The zero-order valence-electron chi connectivity index (χ0n) is 12.3. The smallest absolute Gasteiger partial charge is 0.213 e. The van der Waals surface area contributed by atoms with E-state index in [-0.39, 0.29) is 5.41 Å². The Labute approximate surface area is 111 Å². The van der Waals surface area contributed by atoms with Gasteiger partial charge in [0, 0.05) is 18.0 Å². The lowest BCUT2D eigenvalue weighted by atomic mass is 9.91. The van der Waals surface area contributed by atoms with Crippen LogP contribution in [-0.4, -0.2) is 11.6 Å². The molecule has 18 heavy (non-hydrogen) atoms. The van der Waals surface area contributed by atoms with E-state index in [1.165, 1.54) is 0 Å². The number of nitrogens with two attached hydrogens (primary N) is 1. The standard InChI is InChI=1S/C15H26N2O/c1-11(2)6-7-18-14-9-12(10-16)8-13(17-14)15(3,4)5/h8-9,11H,6-7,10,16H2,1-5H3. The van der Waals surface area contributed by atoms with Crippen molar-refractivity contribution in [2.45, 2.75) is 53.0 Å². The van der Waals surface area contributed by atoms with E-state index in [9.17, 15) is 0 Å². The van der Waals surface area contributed by atoms with Crippen molar-refractivity contribution in [2.75, 3.05) is 6.61 Å². The molecule has 0 atom stereocenters. The summed E-state index contributed by atoms with van der Waals surface area (Å²) in [5.41, 5.74) is 7.85. The molecular formula is C15H26N2O. The van der Waals surface area contributed by atoms with E-state index in [1.807, 2.05) is 6.07 Å². The van der Waals surface area contributed by atoms with Gasteiger partial charge < -0.3 is 10.5 Å². The number of hydrogen-bond donors (Lipinski definition) is 1. The van der Waals surface area contributed by atoms with Gasteiger partial charge >= 0.3 is 0 Å². The largest absolute Gasteiger partial charge is 0.478 e. The highest BCUT2D eigenvalue weighted by molar-refractivity contribution is 5.28. The van der Waals surface area contributed by atoms with E-state index in [0.29, 0.717) is 24.9 Å². The lowest BCUT2D eigenvalue weighted by molar-refractivity contribution is 0.277. The van der Waals surface area contributed by atoms with Crippen LogP contribution in [0, 0.1) is 5.92 Å². The molecule has 1 aromatic rings. The number of hydrogen-bond acceptors (Lipinski definition) is 3. The molecule has 0 spiro atoms. The van der Waals surface area contributed by atoms with Crippen LogP contribution in [0.25, 0.3) is 0 Å². The Hall–Kier alpha value is -1.09. The summed E-state index contributed by atoms with van der Waals surface area (Å²) in [4.78, 5) is 4.57. The maximum Gasteiger partial charge on any atom is 0.213 e. The third-order valence-electron chi connectivity index (χ3n) is 2.81. The van der Waals surface area contributed by atoms with E-state index in [2.05, 4.69) is 45.7 Å². The summed E-state index contributed by atoms with van der Waals surface area (Å²) in [6, 6.07) is 4.00. The van der Waals surface area contributed by atoms with Crippen LogP contribution in [0.5, 0.6) is 5.88 Å². The predicted molar refractivity (Wildman–Crippen MR) is 75.8 cm³/mol. The van der Waals surface area contributed by atoms with Crippen LogP contribution in [0.4, 0.5) is 0 Å². The van der Waals surface area contributed by atoms with E-state index >= 15 is 0 Å². The van der Waals surface area contributed by atoms with E-state index in [4.69, 9.17) is 10.5 Å². The molecule has 2 N–H and O–H groups in total. The molecular weight excluding hydrogens is 224 g/mol. The topological polar surface area (TPSA) is 48.1 Å². The van der Waals surface area contributed by atoms with Gasteiger partial charge in [0.1, 0.15) is 0 Å². The summed E-state index contributed by atoms with van der Waals surface area (Å²) in [7, 11) is 0. The van der Waals surface area contributed by atoms with Crippen LogP contribution in [-0.2, 0) is 12.0 Å². The molecule has 0 fully saturated rings. The van der Waals surface area contributed by atoms with Gasteiger partial charge in [-0.2, -0.15) is 0 Å². The van der Waals surface area contributed by atoms with Gasteiger partial charge in [-0.05, 0) is 24.0 Å². The fourth-order valence-corrected chi connectivity index (χ4v) is 1.53. The Morgan fingerprint density at radius 1 is 1.28 bits per heavy atom. The molecule has 0 saturated heterocycles. The molecule has 0 unspecified atom stereocenters. The summed E-state index contributed by atoms with van der Waals surface area (Å²) in [5, 5.41) is 0. The van der Waals surface area contributed by atoms with Crippen LogP contribution in [0.1, 0.15) is 52.3 Å². The molecule has 1 rings (SSSR count). The summed E-state index contributed by atoms with van der Waals surface area (Å²) in [6.45, 7) is 12.0. The molecule has 3 heteroatoms. The van der Waals surface area contributed by atoms with Crippen molar-refractivity contribution in [3.8, 4) is 5.88 Å². The lowest BCUT2D eigenvalue weighted by Gasteiger charge is -2.20. The average Bonchev–Trinajstić information content (AvgIpc) is 2.27. The van der Waals surface area contributed by atoms with Crippen LogP contribution in [0.15, 0.2) is 12.1 Å². The number of ether oxygens (including phenoxy) is 1. The Morgan fingerprint density at radius 2 is 1.94 bits per heavy atom. The normalized spacial score (nSPS) is 11.9. The molecule has 0 aliphatic rings. The lowest BCUT2D eigenvalue weighted by Crippen LogP contribution is -2.16. The molecule has 0 bridgehead atoms. The van der Waals surface area contributed by atoms with Gasteiger partial charge in [0.15, 0.2) is 0 Å². The quantitative estimate of drug-likeness (QED) is 0.872. The van der Waals surface area contributed by atoms with Gasteiger partial charge in [-0.1, -0.05) is 34.6 Å². The van der Waals surface area contributed by atoms with Gasteiger partial charge in [-0.15, -0.1) is 0 Å². The Kier molecular flexibility index (Phi) is 5.15. The minimum absolute atomic E-state index is 0.0152. The first-order valence-electron chi connectivity index (χ1n) is 6.67. The highest BCUT2D eigenvalue weighted by Crippen LogP contribution is 2.24. The molecule has 0 saturated carbocycles. The fourth-order valence-electron chi connectivity index (χ4n) is 1.53. The van der Waals surface area contributed by atoms with Gasteiger partial charge in [0.25, 0.3) is 0 Å². The molecule has 1 heterocycles. The highest BCUT2D eigenvalue weighted by atomic mass is 16.5. The van der Waals surface area contributed by atoms with Crippen molar-refractivity contribution in [3.05, 3.63) is 23.4 Å². The Bertz CT molecular complexity index is 381. The van der Waals surface area contributed by atoms with Crippen LogP contribution < -0.4 is 10.5 Å². The van der Waals surface area contributed by atoms with E-state index < -0.39 is 0 Å². The van der Waals surface area contributed by atoms with Crippen molar-refractivity contribution < 1.29 is 4.74 Å². The summed E-state index contributed by atoms with van der Waals surface area (Å²) in [5.74, 6) is 1.34. The number of pyridine rings is 1. The fraction of sp³-hybridized carbons (Fsp3) is 0.667. The zero-order chi connectivity index (χ0) is 13.8. The maximum absolute atomic E-state index is 5.73. The molecule has 0 amide bonds. The first-order valence-corrected chi connectivity index (χ1v) is 6.67. The molecule has 102 valence electrons. The predicted octanol–water partition coefficient (Wildman–Crippen LogP) is 3.26. The second-order valence-electron chi connectivity index (χ2n) is 6.18. The van der Waals surface area contributed by atoms with Gasteiger partial charge in [0.05, 0.1) is 12.3 Å².